The Morgan fingerprint density at radius 3 is 3.08 bits per heavy atom. The van der Waals surface area contributed by atoms with Gasteiger partial charge in [0.2, 0.25) is 0 Å². The zero-order valence-corrected chi connectivity index (χ0v) is 7.16. The number of hydrogen-bond donors (Lipinski definition) is 1. The van der Waals surface area contributed by atoms with E-state index in [2.05, 4.69) is 16.2 Å². The van der Waals surface area contributed by atoms with Crippen molar-refractivity contribution in [2.45, 2.75) is 6.10 Å². The molecule has 1 N–H and O–H groups in total. The van der Waals surface area contributed by atoms with Gasteiger partial charge in [-0.05, 0) is 18.1 Å². The highest BCUT2D eigenvalue weighted by Crippen LogP contribution is 2.16. The molecule has 0 bridgehead atoms. The zero-order valence-electron chi connectivity index (χ0n) is 7.16. The van der Waals surface area contributed by atoms with E-state index in [-0.39, 0.29) is 6.10 Å². The topological polar surface area (TPSA) is 34.1 Å². The minimum absolute atomic E-state index is 0.247. The molecule has 0 aromatic carbocycles. The Morgan fingerprint density at radius 1 is 1.62 bits per heavy atom. The van der Waals surface area contributed by atoms with Crippen LogP contribution in [0.25, 0.3) is 0 Å². The number of ether oxygens (including phenoxy) is 1. The predicted octanol–water partition coefficient (Wildman–Crippen LogP) is 0.413. The molecule has 13 heavy (non-hydrogen) atoms. The standard InChI is InChI=1S/C10H10N2O/c1-2-9-10(4-3-5-12-9)13-8-6-11-7-8/h1,3-5,8,11H,6-7H2. The Balaban J connectivity index is 2.14. The number of terminal acetylenes is 1. The Labute approximate surface area is 77.1 Å². The van der Waals surface area contributed by atoms with Crippen LogP contribution in [0.2, 0.25) is 0 Å². The Morgan fingerprint density at radius 2 is 2.46 bits per heavy atom. The van der Waals surface area contributed by atoms with E-state index >= 15 is 0 Å². The summed E-state index contributed by atoms with van der Waals surface area (Å²) in [6, 6.07) is 3.67. The van der Waals surface area contributed by atoms with E-state index in [1.165, 1.54) is 0 Å². The first-order valence-electron chi connectivity index (χ1n) is 4.19. The van der Waals surface area contributed by atoms with Gasteiger partial charge in [0, 0.05) is 19.3 Å². The van der Waals surface area contributed by atoms with Crippen molar-refractivity contribution in [3.05, 3.63) is 24.0 Å². The average Bonchev–Trinajstić information content (AvgIpc) is 2.12. The van der Waals surface area contributed by atoms with Crippen LogP contribution in [0.15, 0.2) is 18.3 Å². The number of nitrogens with one attached hydrogen (secondary N) is 1. The fourth-order valence-corrected chi connectivity index (χ4v) is 1.12. The Hall–Kier alpha value is -1.53. The van der Waals surface area contributed by atoms with Crippen LogP contribution in [0, 0.1) is 12.3 Å². The van der Waals surface area contributed by atoms with Gasteiger partial charge in [-0.3, -0.25) is 0 Å². The van der Waals surface area contributed by atoms with Crippen LogP contribution in [-0.2, 0) is 0 Å². The third-order valence-electron chi connectivity index (χ3n) is 1.95. The van der Waals surface area contributed by atoms with Crippen molar-refractivity contribution in [1.82, 2.24) is 10.3 Å². The lowest BCUT2D eigenvalue weighted by molar-refractivity contribution is 0.141. The summed E-state index contributed by atoms with van der Waals surface area (Å²) in [5.41, 5.74) is 0.578. The van der Waals surface area contributed by atoms with E-state index in [4.69, 9.17) is 11.2 Å². The molecule has 0 amide bonds. The molecule has 1 aliphatic heterocycles. The van der Waals surface area contributed by atoms with Crippen LogP contribution in [0.1, 0.15) is 5.69 Å². The first kappa shape index (κ1) is 8.09. The van der Waals surface area contributed by atoms with Gasteiger partial charge in [-0.1, -0.05) is 0 Å². The normalized spacial score (nSPS) is 15.9. The maximum atomic E-state index is 5.60. The van der Waals surface area contributed by atoms with Gasteiger partial charge in [0.25, 0.3) is 0 Å². The minimum atomic E-state index is 0.247. The van der Waals surface area contributed by atoms with Gasteiger partial charge in [0.15, 0.2) is 11.4 Å². The Kier molecular flexibility index (Phi) is 2.15. The average molecular weight is 174 g/mol. The molecular weight excluding hydrogens is 164 g/mol. The summed E-state index contributed by atoms with van der Waals surface area (Å²) >= 11 is 0. The van der Waals surface area contributed by atoms with E-state index < -0.39 is 0 Å². The van der Waals surface area contributed by atoms with Gasteiger partial charge in [0.05, 0.1) is 0 Å². The molecule has 0 aliphatic carbocycles. The number of aromatic nitrogens is 1. The molecule has 0 radical (unpaired) electrons. The molecule has 2 rings (SSSR count). The van der Waals surface area contributed by atoms with E-state index in [1.807, 2.05) is 12.1 Å². The lowest BCUT2D eigenvalue weighted by Crippen LogP contribution is -2.50. The molecule has 1 aromatic rings. The van der Waals surface area contributed by atoms with E-state index in [9.17, 15) is 0 Å². The fraction of sp³-hybridized carbons (Fsp3) is 0.300. The summed E-state index contributed by atoms with van der Waals surface area (Å²) in [5.74, 6) is 3.20. The molecular formula is C10H10N2O. The quantitative estimate of drug-likeness (QED) is 0.659. The second-order valence-corrected chi connectivity index (χ2v) is 2.89. The summed E-state index contributed by atoms with van der Waals surface area (Å²) in [6.07, 6.45) is 7.19. The summed E-state index contributed by atoms with van der Waals surface area (Å²) in [7, 11) is 0. The molecule has 0 atom stereocenters. The van der Waals surface area contributed by atoms with Crippen molar-refractivity contribution in [1.29, 1.82) is 0 Å². The Bertz CT molecular complexity index is 339. The second kappa shape index (κ2) is 3.46. The van der Waals surface area contributed by atoms with Gasteiger partial charge in [-0.15, -0.1) is 6.42 Å². The fourth-order valence-electron chi connectivity index (χ4n) is 1.12. The number of pyridine rings is 1. The first-order valence-corrected chi connectivity index (χ1v) is 4.19. The SMILES string of the molecule is C#Cc1ncccc1OC1CNC1. The largest absolute Gasteiger partial charge is 0.485 e. The number of hydrogen-bond acceptors (Lipinski definition) is 3. The summed E-state index contributed by atoms with van der Waals surface area (Å²) < 4.78 is 5.60. The molecule has 3 nitrogen and oxygen atoms in total. The van der Waals surface area contributed by atoms with Gasteiger partial charge in [-0.25, -0.2) is 4.98 Å². The molecule has 0 spiro atoms. The lowest BCUT2D eigenvalue weighted by atomic mass is 10.2. The van der Waals surface area contributed by atoms with E-state index in [0.717, 1.165) is 13.1 Å². The van der Waals surface area contributed by atoms with Crippen LogP contribution in [0.4, 0.5) is 0 Å². The third-order valence-corrected chi connectivity index (χ3v) is 1.95. The van der Waals surface area contributed by atoms with Crippen LogP contribution < -0.4 is 10.1 Å². The predicted molar refractivity (Wildman–Crippen MR) is 49.5 cm³/mol. The molecule has 1 saturated heterocycles. The maximum Gasteiger partial charge on any atom is 0.154 e. The van der Waals surface area contributed by atoms with Gasteiger partial charge < -0.3 is 10.1 Å². The first-order chi connectivity index (χ1) is 6.40. The minimum Gasteiger partial charge on any atom is -0.485 e. The summed E-state index contributed by atoms with van der Waals surface area (Å²) in [6.45, 7) is 1.78. The van der Waals surface area contributed by atoms with Crippen molar-refractivity contribution in [2.24, 2.45) is 0 Å². The summed E-state index contributed by atoms with van der Waals surface area (Å²) in [5, 5.41) is 3.12. The summed E-state index contributed by atoms with van der Waals surface area (Å²) in [4.78, 5) is 4.03. The smallest absolute Gasteiger partial charge is 0.154 e. The molecule has 1 aliphatic rings. The molecule has 3 heteroatoms. The van der Waals surface area contributed by atoms with E-state index in [1.54, 1.807) is 6.20 Å². The van der Waals surface area contributed by atoms with Crippen molar-refractivity contribution in [3.8, 4) is 18.1 Å². The molecule has 0 unspecified atom stereocenters. The molecule has 66 valence electrons. The van der Waals surface area contributed by atoms with Crippen LogP contribution in [0.3, 0.4) is 0 Å². The van der Waals surface area contributed by atoms with Crippen molar-refractivity contribution in [2.75, 3.05) is 13.1 Å². The molecule has 1 fully saturated rings. The third kappa shape index (κ3) is 1.63. The van der Waals surface area contributed by atoms with Gasteiger partial charge in [0.1, 0.15) is 6.10 Å². The number of rotatable bonds is 2. The van der Waals surface area contributed by atoms with E-state index in [0.29, 0.717) is 11.4 Å². The highest BCUT2D eigenvalue weighted by molar-refractivity contribution is 5.38. The van der Waals surface area contributed by atoms with Crippen LogP contribution >= 0.6 is 0 Å². The zero-order chi connectivity index (χ0) is 9.10. The van der Waals surface area contributed by atoms with Gasteiger partial charge >= 0.3 is 0 Å². The van der Waals surface area contributed by atoms with Crippen molar-refractivity contribution >= 4 is 0 Å². The number of nitrogens with zero attached hydrogens (tertiary/aromatic N) is 1. The monoisotopic (exact) mass is 174 g/mol. The van der Waals surface area contributed by atoms with Crippen molar-refractivity contribution in [3.63, 3.8) is 0 Å². The van der Waals surface area contributed by atoms with Crippen LogP contribution in [0.5, 0.6) is 5.75 Å². The lowest BCUT2D eigenvalue weighted by Gasteiger charge is -2.27. The van der Waals surface area contributed by atoms with Crippen LogP contribution in [-0.4, -0.2) is 24.2 Å². The van der Waals surface area contributed by atoms with Crippen molar-refractivity contribution < 1.29 is 4.74 Å². The van der Waals surface area contributed by atoms with Gasteiger partial charge in [-0.2, -0.15) is 0 Å². The molecule has 2 heterocycles. The highest BCUT2D eigenvalue weighted by atomic mass is 16.5. The molecule has 0 saturated carbocycles. The molecule has 1 aromatic heterocycles. The second-order valence-electron chi connectivity index (χ2n) is 2.89. The highest BCUT2D eigenvalue weighted by Gasteiger charge is 2.19. The maximum absolute atomic E-state index is 5.60.